The minimum atomic E-state index is -0.523. The second kappa shape index (κ2) is 5.53. The molecule has 0 aromatic rings. The van der Waals surface area contributed by atoms with Crippen LogP contribution < -0.4 is 0 Å². The van der Waals surface area contributed by atoms with Gasteiger partial charge in [-0.15, -0.1) is 0 Å². The third-order valence-electron chi connectivity index (χ3n) is 0.849. The highest BCUT2D eigenvalue weighted by molar-refractivity contribution is 5.85. The van der Waals surface area contributed by atoms with Gasteiger partial charge in [-0.25, -0.2) is 4.79 Å². The summed E-state index contributed by atoms with van der Waals surface area (Å²) >= 11 is 0. The molecule has 0 radical (unpaired) electrons. The molecule has 0 amide bonds. The van der Waals surface area contributed by atoms with Crippen molar-refractivity contribution in [3.63, 3.8) is 0 Å². The lowest BCUT2D eigenvalue weighted by atomic mass is 10.5. The van der Waals surface area contributed by atoms with Crippen molar-refractivity contribution in [2.75, 3.05) is 6.61 Å². The fraction of sp³-hybridized carbons (Fsp3) is 0.375. The number of allylic oxidation sites excluding steroid dienone is 1. The van der Waals surface area contributed by atoms with Gasteiger partial charge in [-0.05, 0) is 20.4 Å². The number of hydrogen-bond acceptors (Lipinski definition) is 3. The van der Waals surface area contributed by atoms with Crippen LogP contribution in [0.1, 0.15) is 13.8 Å². The van der Waals surface area contributed by atoms with E-state index >= 15 is 0 Å². The molecule has 0 aromatic carbocycles. The molecule has 3 nitrogen and oxygen atoms in total. The SMILES string of the molecule is C=C(OC=CC)C(=O)OCC. The highest BCUT2D eigenvalue weighted by Gasteiger charge is 2.06. The van der Waals surface area contributed by atoms with E-state index in [1.165, 1.54) is 6.26 Å². The Kier molecular flexibility index (Phi) is 4.90. The van der Waals surface area contributed by atoms with Crippen molar-refractivity contribution in [3.05, 3.63) is 24.7 Å². The first-order valence-corrected chi connectivity index (χ1v) is 3.36. The first kappa shape index (κ1) is 9.75. The van der Waals surface area contributed by atoms with Crippen LogP contribution in [-0.4, -0.2) is 12.6 Å². The fourth-order valence-corrected chi connectivity index (χ4v) is 0.410. The summed E-state index contributed by atoms with van der Waals surface area (Å²) in [5.41, 5.74) is 0. The molecule has 0 fully saturated rings. The van der Waals surface area contributed by atoms with Gasteiger partial charge in [-0.1, -0.05) is 6.08 Å². The van der Waals surface area contributed by atoms with E-state index in [4.69, 9.17) is 4.74 Å². The summed E-state index contributed by atoms with van der Waals surface area (Å²) in [5, 5.41) is 0. The van der Waals surface area contributed by atoms with E-state index in [0.29, 0.717) is 6.61 Å². The minimum absolute atomic E-state index is 0.00458. The monoisotopic (exact) mass is 156 g/mol. The lowest BCUT2D eigenvalue weighted by Gasteiger charge is -2.02. The molecule has 3 heteroatoms. The number of rotatable bonds is 4. The van der Waals surface area contributed by atoms with E-state index in [1.807, 2.05) is 0 Å². The molecule has 0 bridgehead atoms. The Labute approximate surface area is 66.3 Å². The average molecular weight is 156 g/mol. The summed E-state index contributed by atoms with van der Waals surface area (Å²) in [4.78, 5) is 10.8. The summed E-state index contributed by atoms with van der Waals surface area (Å²) in [6.45, 7) is 7.19. The molecule has 0 heterocycles. The molecule has 0 atom stereocenters. The molecular weight excluding hydrogens is 144 g/mol. The number of ether oxygens (including phenoxy) is 2. The second-order valence-corrected chi connectivity index (χ2v) is 1.73. The number of carbonyl (C=O) groups is 1. The molecule has 0 aromatic heterocycles. The van der Waals surface area contributed by atoms with Gasteiger partial charge < -0.3 is 9.47 Å². The van der Waals surface area contributed by atoms with Crippen molar-refractivity contribution in [1.29, 1.82) is 0 Å². The quantitative estimate of drug-likeness (QED) is 0.352. The molecule has 0 aliphatic heterocycles. The molecule has 0 aliphatic carbocycles. The van der Waals surface area contributed by atoms with Crippen molar-refractivity contribution in [2.24, 2.45) is 0 Å². The standard InChI is InChI=1S/C8H12O3/c1-4-6-11-7(3)8(9)10-5-2/h4,6H,3,5H2,1-2H3. The summed E-state index contributed by atoms with van der Waals surface area (Å²) in [7, 11) is 0. The highest BCUT2D eigenvalue weighted by Crippen LogP contribution is 1.97. The topological polar surface area (TPSA) is 35.5 Å². The van der Waals surface area contributed by atoms with Crippen LogP contribution in [0.3, 0.4) is 0 Å². The van der Waals surface area contributed by atoms with E-state index in [1.54, 1.807) is 19.9 Å². The molecule has 0 rings (SSSR count). The van der Waals surface area contributed by atoms with Gasteiger partial charge in [-0.2, -0.15) is 0 Å². The molecule has 0 saturated heterocycles. The predicted octanol–water partition coefficient (Wildman–Crippen LogP) is 1.61. The Morgan fingerprint density at radius 2 is 2.27 bits per heavy atom. The lowest BCUT2D eigenvalue weighted by Crippen LogP contribution is -2.07. The summed E-state index contributed by atoms with van der Waals surface area (Å²) in [6.07, 6.45) is 3.03. The summed E-state index contributed by atoms with van der Waals surface area (Å²) < 4.78 is 9.36. The van der Waals surface area contributed by atoms with E-state index in [0.717, 1.165) is 0 Å². The van der Waals surface area contributed by atoms with Crippen LogP contribution in [0.5, 0.6) is 0 Å². The van der Waals surface area contributed by atoms with Gasteiger partial charge >= 0.3 is 5.97 Å². The minimum Gasteiger partial charge on any atom is -0.460 e. The van der Waals surface area contributed by atoms with Crippen molar-refractivity contribution in [3.8, 4) is 0 Å². The van der Waals surface area contributed by atoms with Gasteiger partial charge in [0.1, 0.15) is 0 Å². The van der Waals surface area contributed by atoms with Crippen LogP contribution in [0.2, 0.25) is 0 Å². The van der Waals surface area contributed by atoms with Crippen molar-refractivity contribution < 1.29 is 14.3 Å². The third-order valence-corrected chi connectivity index (χ3v) is 0.849. The molecule has 0 unspecified atom stereocenters. The second-order valence-electron chi connectivity index (χ2n) is 1.73. The van der Waals surface area contributed by atoms with Crippen LogP contribution >= 0.6 is 0 Å². The van der Waals surface area contributed by atoms with Gasteiger partial charge in [0, 0.05) is 0 Å². The number of hydrogen-bond donors (Lipinski definition) is 0. The molecule has 0 saturated carbocycles. The van der Waals surface area contributed by atoms with E-state index in [2.05, 4.69) is 11.3 Å². The molecule has 11 heavy (non-hydrogen) atoms. The van der Waals surface area contributed by atoms with E-state index in [-0.39, 0.29) is 5.76 Å². The fourth-order valence-electron chi connectivity index (χ4n) is 0.410. The maximum atomic E-state index is 10.8. The Morgan fingerprint density at radius 3 is 2.73 bits per heavy atom. The zero-order valence-electron chi connectivity index (χ0n) is 6.79. The first-order chi connectivity index (χ1) is 5.22. The van der Waals surface area contributed by atoms with Gasteiger partial charge in [0.25, 0.3) is 0 Å². The van der Waals surface area contributed by atoms with Crippen LogP contribution in [0, 0.1) is 0 Å². The maximum Gasteiger partial charge on any atom is 0.373 e. The molecule has 62 valence electrons. The number of carbonyl (C=O) groups excluding carboxylic acids is 1. The zero-order valence-corrected chi connectivity index (χ0v) is 6.79. The van der Waals surface area contributed by atoms with Crippen LogP contribution in [0.25, 0.3) is 0 Å². The largest absolute Gasteiger partial charge is 0.460 e. The van der Waals surface area contributed by atoms with E-state index in [9.17, 15) is 4.79 Å². The third kappa shape index (κ3) is 4.19. The normalized spacial score (nSPS) is 9.64. The van der Waals surface area contributed by atoms with Crippen molar-refractivity contribution in [1.82, 2.24) is 0 Å². The van der Waals surface area contributed by atoms with Gasteiger partial charge in [0.05, 0.1) is 12.9 Å². The van der Waals surface area contributed by atoms with Crippen LogP contribution in [0.4, 0.5) is 0 Å². The van der Waals surface area contributed by atoms with Gasteiger partial charge in [0.15, 0.2) is 0 Å². The first-order valence-electron chi connectivity index (χ1n) is 3.36. The Morgan fingerprint density at radius 1 is 1.64 bits per heavy atom. The molecule has 0 N–H and O–H groups in total. The van der Waals surface area contributed by atoms with Crippen LogP contribution in [0.15, 0.2) is 24.7 Å². The molecule has 0 aliphatic rings. The van der Waals surface area contributed by atoms with Gasteiger partial charge in [-0.3, -0.25) is 0 Å². The highest BCUT2D eigenvalue weighted by atomic mass is 16.6. The Hall–Kier alpha value is -1.25. The smallest absolute Gasteiger partial charge is 0.373 e. The van der Waals surface area contributed by atoms with Crippen molar-refractivity contribution in [2.45, 2.75) is 13.8 Å². The molecule has 0 spiro atoms. The van der Waals surface area contributed by atoms with Gasteiger partial charge in [0.2, 0.25) is 5.76 Å². The Bertz CT molecular complexity index is 170. The zero-order chi connectivity index (χ0) is 8.69. The van der Waals surface area contributed by atoms with Crippen LogP contribution in [-0.2, 0) is 14.3 Å². The number of esters is 1. The Balaban J connectivity index is 3.74. The molecular formula is C8H12O3. The maximum absolute atomic E-state index is 10.8. The predicted molar refractivity (Wildman–Crippen MR) is 41.7 cm³/mol. The summed E-state index contributed by atoms with van der Waals surface area (Å²) in [5.74, 6) is -0.518. The summed E-state index contributed by atoms with van der Waals surface area (Å²) in [6, 6.07) is 0. The van der Waals surface area contributed by atoms with E-state index < -0.39 is 5.97 Å². The lowest BCUT2D eigenvalue weighted by molar-refractivity contribution is -0.141. The average Bonchev–Trinajstić information content (AvgIpc) is 2.00. The van der Waals surface area contributed by atoms with Crippen molar-refractivity contribution >= 4 is 5.97 Å².